The first-order valence-corrected chi connectivity index (χ1v) is 10.6. The number of aromatic amines is 1. The maximum absolute atomic E-state index is 10.9. The highest BCUT2D eigenvalue weighted by Gasteiger charge is 2.49. The SMILES string of the molecule is CC1NC2c3c(sc4c3CC(C)(C)OC4)-[n+]3c(SCC(=O)[O-])n[nH]c3N2N1. The predicted molar refractivity (Wildman–Crippen MR) is 97.3 cm³/mol. The highest BCUT2D eigenvalue weighted by Crippen LogP contribution is 2.45. The minimum Gasteiger partial charge on any atom is -0.549 e. The molecule has 5 rings (SSSR count). The lowest BCUT2D eigenvalue weighted by Crippen LogP contribution is -2.50. The average molecular weight is 409 g/mol. The Bertz CT molecular complexity index is 939. The van der Waals surface area contributed by atoms with Crippen LogP contribution in [0.2, 0.25) is 0 Å². The van der Waals surface area contributed by atoms with Gasteiger partial charge in [0.1, 0.15) is 0 Å². The Morgan fingerprint density at radius 3 is 3.15 bits per heavy atom. The number of nitrogens with one attached hydrogen (secondary N) is 3. The third kappa shape index (κ3) is 2.68. The fourth-order valence-electron chi connectivity index (χ4n) is 3.89. The maximum atomic E-state index is 10.9. The Morgan fingerprint density at radius 1 is 1.56 bits per heavy atom. The van der Waals surface area contributed by atoms with Crippen LogP contribution < -0.4 is 25.4 Å². The van der Waals surface area contributed by atoms with E-state index in [0.29, 0.717) is 11.8 Å². The molecule has 11 heteroatoms. The van der Waals surface area contributed by atoms with Crippen LogP contribution in [0, 0.1) is 0 Å². The molecule has 3 N–H and O–H groups in total. The van der Waals surface area contributed by atoms with E-state index in [-0.39, 0.29) is 23.7 Å². The average Bonchev–Trinajstić information content (AvgIpc) is 3.25. The molecule has 5 heterocycles. The topological polar surface area (TPSA) is 109 Å². The first-order valence-electron chi connectivity index (χ1n) is 8.77. The summed E-state index contributed by atoms with van der Waals surface area (Å²) in [6.45, 7) is 6.88. The summed E-state index contributed by atoms with van der Waals surface area (Å²) in [5, 5.41) is 25.7. The first-order chi connectivity index (χ1) is 12.8. The lowest BCUT2D eigenvalue weighted by molar-refractivity contribution is -0.623. The summed E-state index contributed by atoms with van der Waals surface area (Å²) in [6.07, 6.45) is 0.924. The van der Waals surface area contributed by atoms with E-state index in [1.165, 1.54) is 16.0 Å². The molecule has 0 saturated carbocycles. The Morgan fingerprint density at radius 2 is 2.37 bits per heavy atom. The summed E-state index contributed by atoms with van der Waals surface area (Å²) >= 11 is 2.84. The van der Waals surface area contributed by atoms with Crippen LogP contribution in [0.4, 0.5) is 5.95 Å². The lowest BCUT2D eigenvalue weighted by atomic mass is 9.92. The molecule has 0 spiro atoms. The number of carboxylic acid groups (broad SMARTS) is 1. The minimum atomic E-state index is -1.11. The molecule has 0 aliphatic carbocycles. The molecule has 9 nitrogen and oxygen atoms in total. The molecule has 1 fully saturated rings. The monoisotopic (exact) mass is 408 g/mol. The van der Waals surface area contributed by atoms with Crippen molar-refractivity contribution in [1.29, 1.82) is 0 Å². The van der Waals surface area contributed by atoms with Crippen LogP contribution in [0.3, 0.4) is 0 Å². The number of aliphatic carboxylic acids is 1. The molecular formula is C16H20N6O3S2. The first kappa shape index (κ1) is 17.4. The van der Waals surface area contributed by atoms with Crippen molar-refractivity contribution in [2.45, 2.75) is 56.9 Å². The van der Waals surface area contributed by atoms with Gasteiger partial charge in [-0.25, -0.2) is 0 Å². The van der Waals surface area contributed by atoms with Crippen LogP contribution in [0.5, 0.6) is 0 Å². The number of nitrogens with zero attached hydrogens (tertiary/aromatic N) is 3. The van der Waals surface area contributed by atoms with Crippen molar-refractivity contribution < 1.29 is 19.2 Å². The van der Waals surface area contributed by atoms with Crippen LogP contribution in [-0.4, -0.2) is 33.7 Å². The predicted octanol–water partition coefficient (Wildman–Crippen LogP) is -0.286. The van der Waals surface area contributed by atoms with Gasteiger partial charge >= 0.3 is 11.1 Å². The maximum Gasteiger partial charge on any atom is 0.369 e. The number of hydrogen-bond donors (Lipinski definition) is 3. The van der Waals surface area contributed by atoms with E-state index in [1.807, 2.05) is 9.58 Å². The van der Waals surface area contributed by atoms with Gasteiger partial charge in [-0.05, 0) is 26.3 Å². The molecule has 1 saturated heterocycles. The van der Waals surface area contributed by atoms with E-state index in [9.17, 15) is 9.90 Å². The molecule has 0 radical (unpaired) electrons. The van der Waals surface area contributed by atoms with Gasteiger partial charge in [0, 0.05) is 22.1 Å². The second kappa shape index (κ2) is 5.92. The summed E-state index contributed by atoms with van der Waals surface area (Å²) < 4.78 is 8.02. The molecule has 144 valence electrons. The van der Waals surface area contributed by atoms with Crippen molar-refractivity contribution in [2.24, 2.45) is 0 Å². The smallest absolute Gasteiger partial charge is 0.369 e. The Balaban J connectivity index is 1.68. The van der Waals surface area contributed by atoms with Gasteiger partial charge in [0.15, 0.2) is 11.2 Å². The standard InChI is InChI=1S/C16H20N6O3S2/c1-7-17-12-11-8-4-16(2,3)25-5-9(8)27-13(11)21-14(22(12)20-7)18-19-15(21)26-6-10(23)24/h7,12,17,20H,4-6H2,1-3H3,(H,23,24). The number of hydrazine groups is 1. The number of thiophene rings is 1. The minimum absolute atomic E-state index is 0.0108. The van der Waals surface area contributed by atoms with Crippen molar-refractivity contribution in [3.63, 3.8) is 0 Å². The Labute approximate surface area is 164 Å². The van der Waals surface area contributed by atoms with Crippen LogP contribution in [0.1, 0.15) is 42.9 Å². The van der Waals surface area contributed by atoms with Crippen molar-refractivity contribution in [2.75, 3.05) is 10.8 Å². The number of H-pyrrole nitrogens is 1. The second-order valence-electron chi connectivity index (χ2n) is 7.56. The van der Waals surface area contributed by atoms with Crippen LogP contribution in [0.15, 0.2) is 5.16 Å². The van der Waals surface area contributed by atoms with E-state index < -0.39 is 5.97 Å². The van der Waals surface area contributed by atoms with Crippen molar-refractivity contribution in [1.82, 2.24) is 20.9 Å². The number of ether oxygens (including phenoxy) is 1. The summed E-state index contributed by atoms with van der Waals surface area (Å²) in [5.74, 6) is -0.475. The molecule has 27 heavy (non-hydrogen) atoms. The summed E-state index contributed by atoms with van der Waals surface area (Å²) in [4.78, 5) is 12.2. The number of carboxylic acids is 1. The number of hydrogen-bond acceptors (Lipinski definition) is 9. The van der Waals surface area contributed by atoms with Crippen molar-refractivity contribution in [3.8, 4) is 5.00 Å². The molecular weight excluding hydrogens is 388 g/mol. The highest BCUT2D eigenvalue weighted by atomic mass is 32.2. The zero-order valence-electron chi connectivity index (χ0n) is 15.2. The van der Waals surface area contributed by atoms with Crippen LogP contribution >= 0.6 is 23.1 Å². The summed E-state index contributed by atoms with van der Waals surface area (Å²) in [6, 6.07) is 0. The number of rotatable bonds is 3. The molecule has 0 aromatic carbocycles. The number of aromatic nitrogens is 3. The van der Waals surface area contributed by atoms with Gasteiger partial charge in [0.05, 0.1) is 29.9 Å². The number of anilines is 1. The van der Waals surface area contributed by atoms with E-state index in [1.54, 1.807) is 11.3 Å². The largest absolute Gasteiger partial charge is 0.549 e. The molecule has 3 aliphatic heterocycles. The molecule has 0 amide bonds. The number of carbonyl (C=O) groups is 1. The van der Waals surface area contributed by atoms with E-state index in [0.717, 1.165) is 29.1 Å². The number of fused-ring (bicyclic) bond motifs is 8. The van der Waals surface area contributed by atoms with Crippen LogP contribution in [-0.2, 0) is 22.6 Å². The molecule has 2 atom stereocenters. The fraction of sp³-hybridized carbons (Fsp3) is 0.562. The quantitative estimate of drug-likeness (QED) is 0.470. The summed E-state index contributed by atoms with van der Waals surface area (Å²) in [7, 11) is 0. The molecule has 3 aliphatic rings. The van der Waals surface area contributed by atoms with Gasteiger partial charge < -0.3 is 14.6 Å². The van der Waals surface area contributed by atoms with E-state index >= 15 is 0 Å². The van der Waals surface area contributed by atoms with Crippen LogP contribution in [0.25, 0.3) is 5.00 Å². The third-order valence-corrected chi connectivity index (χ3v) is 7.10. The fourth-order valence-corrected chi connectivity index (χ4v) is 5.88. The molecule has 2 aromatic heterocycles. The van der Waals surface area contributed by atoms with Gasteiger partial charge in [0.2, 0.25) is 0 Å². The molecule has 0 bridgehead atoms. The van der Waals surface area contributed by atoms with Gasteiger partial charge in [0.25, 0.3) is 0 Å². The Hall–Kier alpha value is -1.66. The van der Waals surface area contributed by atoms with Gasteiger partial charge in [-0.15, -0.1) is 16.4 Å². The van der Waals surface area contributed by atoms with Gasteiger partial charge in [-0.2, -0.15) is 15.0 Å². The van der Waals surface area contributed by atoms with E-state index in [4.69, 9.17) is 4.74 Å². The third-order valence-electron chi connectivity index (χ3n) is 4.99. The molecule has 2 unspecified atom stereocenters. The Kier molecular flexibility index (Phi) is 3.82. The normalized spacial score (nSPS) is 24.9. The van der Waals surface area contributed by atoms with Gasteiger partial charge in [-0.1, -0.05) is 11.8 Å². The summed E-state index contributed by atoms with van der Waals surface area (Å²) in [5.41, 5.74) is 5.74. The van der Waals surface area contributed by atoms with Crippen molar-refractivity contribution in [3.05, 3.63) is 16.0 Å². The van der Waals surface area contributed by atoms with Gasteiger partial charge in [-0.3, -0.25) is 5.32 Å². The van der Waals surface area contributed by atoms with Crippen molar-refractivity contribution >= 4 is 35.0 Å². The van der Waals surface area contributed by atoms with E-state index in [2.05, 4.69) is 41.7 Å². The zero-order valence-corrected chi connectivity index (χ0v) is 16.8. The zero-order chi connectivity index (χ0) is 18.9. The highest BCUT2D eigenvalue weighted by molar-refractivity contribution is 7.99. The molecule has 2 aromatic rings. The lowest BCUT2D eigenvalue weighted by Gasteiger charge is -2.32. The number of carbonyl (C=O) groups excluding carboxylic acids is 1. The number of thioether (sulfide) groups is 1. The second-order valence-corrected chi connectivity index (χ2v) is 9.59.